The lowest BCUT2D eigenvalue weighted by Gasteiger charge is -2.13. The summed E-state index contributed by atoms with van der Waals surface area (Å²) < 4.78 is 37.1. The van der Waals surface area contributed by atoms with Gasteiger partial charge in [-0.3, -0.25) is 0 Å². The molecule has 1 aliphatic heterocycles. The zero-order chi connectivity index (χ0) is 15.5. The first kappa shape index (κ1) is 15.7. The Hall–Kier alpha value is -1.64. The fourth-order valence-corrected chi connectivity index (χ4v) is 3.42. The Kier molecular flexibility index (Phi) is 4.81. The van der Waals surface area contributed by atoms with Gasteiger partial charge in [-0.25, -0.2) is 17.9 Å². The molecule has 0 aromatic heterocycles. The molecule has 1 aliphatic rings. The van der Waals surface area contributed by atoms with Crippen molar-refractivity contribution in [3.63, 3.8) is 0 Å². The zero-order valence-electron chi connectivity index (χ0n) is 11.7. The second-order valence-corrected chi connectivity index (χ2v) is 6.47. The summed E-state index contributed by atoms with van der Waals surface area (Å²) in [7, 11) is -2.68. The number of ether oxygens (including phenoxy) is 2. The number of sulfonamides is 1. The van der Waals surface area contributed by atoms with Crippen LogP contribution in [0.25, 0.3) is 0 Å². The molecule has 1 heterocycles. The molecule has 1 unspecified atom stereocenters. The number of hydrogen-bond donors (Lipinski definition) is 2. The van der Waals surface area contributed by atoms with Gasteiger partial charge in [0.25, 0.3) is 0 Å². The van der Waals surface area contributed by atoms with Crippen LogP contribution in [-0.2, 0) is 19.5 Å². The standard InChI is InChI=1S/C13H18N2O5S/c1-19-13(16)11-5-4-9(14)7-12(11)21(17,18)15-8-10-3-2-6-20-10/h4-5,7,10,15H,2-3,6,8,14H2,1H3. The van der Waals surface area contributed by atoms with Gasteiger partial charge < -0.3 is 15.2 Å². The molecule has 0 radical (unpaired) electrons. The van der Waals surface area contributed by atoms with Gasteiger partial charge in [0.2, 0.25) is 10.0 Å². The van der Waals surface area contributed by atoms with Crippen molar-refractivity contribution in [2.24, 2.45) is 0 Å². The van der Waals surface area contributed by atoms with E-state index < -0.39 is 16.0 Å². The molecule has 0 spiro atoms. The minimum Gasteiger partial charge on any atom is -0.465 e. The summed E-state index contributed by atoms with van der Waals surface area (Å²) in [5, 5.41) is 0. The second-order valence-electron chi connectivity index (χ2n) is 4.73. The summed E-state index contributed by atoms with van der Waals surface area (Å²) in [6.45, 7) is 0.801. The molecule has 1 aromatic rings. The average Bonchev–Trinajstić information content (AvgIpc) is 2.98. The Balaban J connectivity index is 2.25. The summed E-state index contributed by atoms with van der Waals surface area (Å²) in [5.74, 6) is -0.729. The van der Waals surface area contributed by atoms with E-state index in [-0.39, 0.29) is 28.8 Å². The smallest absolute Gasteiger partial charge is 0.339 e. The molecule has 116 valence electrons. The lowest BCUT2D eigenvalue weighted by Crippen LogP contribution is -2.32. The molecule has 1 aromatic carbocycles. The van der Waals surface area contributed by atoms with Crippen molar-refractivity contribution in [1.29, 1.82) is 0 Å². The fourth-order valence-electron chi connectivity index (χ4n) is 2.13. The van der Waals surface area contributed by atoms with Crippen molar-refractivity contribution in [3.05, 3.63) is 23.8 Å². The van der Waals surface area contributed by atoms with Crippen molar-refractivity contribution in [3.8, 4) is 0 Å². The number of hydrogen-bond acceptors (Lipinski definition) is 6. The third-order valence-corrected chi connectivity index (χ3v) is 4.69. The van der Waals surface area contributed by atoms with Gasteiger partial charge in [0.1, 0.15) is 0 Å². The van der Waals surface area contributed by atoms with Crippen LogP contribution in [0.3, 0.4) is 0 Å². The third kappa shape index (κ3) is 3.72. The van der Waals surface area contributed by atoms with Gasteiger partial charge in [0.15, 0.2) is 0 Å². The molecular weight excluding hydrogens is 296 g/mol. The summed E-state index contributed by atoms with van der Waals surface area (Å²) >= 11 is 0. The maximum atomic E-state index is 12.4. The van der Waals surface area contributed by atoms with E-state index in [1.807, 2.05) is 0 Å². The minimum absolute atomic E-state index is 0.0495. The van der Waals surface area contributed by atoms with Gasteiger partial charge in [-0.1, -0.05) is 0 Å². The molecule has 0 bridgehead atoms. The highest BCUT2D eigenvalue weighted by atomic mass is 32.2. The molecule has 2 rings (SSSR count). The van der Waals surface area contributed by atoms with Crippen molar-refractivity contribution in [2.75, 3.05) is 26.0 Å². The Labute approximate surface area is 123 Å². The predicted octanol–water partition coefficient (Wildman–Crippen LogP) is 0.513. The van der Waals surface area contributed by atoms with Crippen LogP contribution in [0.2, 0.25) is 0 Å². The van der Waals surface area contributed by atoms with Crippen LogP contribution in [0.5, 0.6) is 0 Å². The molecule has 0 amide bonds. The van der Waals surface area contributed by atoms with E-state index >= 15 is 0 Å². The van der Waals surface area contributed by atoms with Gasteiger partial charge in [-0.05, 0) is 31.0 Å². The predicted molar refractivity (Wildman–Crippen MR) is 76.4 cm³/mol. The summed E-state index contributed by atoms with van der Waals surface area (Å²) in [5.41, 5.74) is 5.82. The van der Waals surface area contributed by atoms with Gasteiger partial charge in [-0.15, -0.1) is 0 Å². The first-order chi connectivity index (χ1) is 9.94. The van der Waals surface area contributed by atoms with Crippen LogP contribution in [0.4, 0.5) is 5.69 Å². The average molecular weight is 314 g/mol. The maximum Gasteiger partial charge on any atom is 0.339 e. The first-order valence-electron chi connectivity index (χ1n) is 6.53. The van der Waals surface area contributed by atoms with Gasteiger partial charge >= 0.3 is 5.97 Å². The van der Waals surface area contributed by atoms with Gasteiger partial charge in [-0.2, -0.15) is 0 Å². The SMILES string of the molecule is COC(=O)c1ccc(N)cc1S(=O)(=O)NCC1CCCO1. The number of nitrogen functional groups attached to an aromatic ring is 1. The van der Waals surface area contributed by atoms with Crippen molar-refractivity contribution >= 4 is 21.7 Å². The van der Waals surface area contributed by atoms with Crippen LogP contribution in [-0.4, -0.2) is 40.8 Å². The van der Waals surface area contributed by atoms with Gasteiger partial charge in [0.05, 0.1) is 23.7 Å². The van der Waals surface area contributed by atoms with E-state index in [0.717, 1.165) is 12.8 Å². The van der Waals surface area contributed by atoms with Crippen LogP contribution in [0, 0.1) is 0 Å². The molecular formula is C13H18N2O5S. The number of carbonyl (C=O) groups excluding carboxylic acids is 1. The van der Waals surface area contributed by atoms with Crippen molar-refractivity contribution in [2.45, 2.75) is 23.8 Å². The highest BCUT2D eigenvalue weighted by Gasteiger charge is 2.25. The first-order valence-corrected chi connectivity index (χ1v) is 8.01. The number of nitrogens with two attached hydrogens (primary N) is 1. The largest absolute Gasteiger partial charge is 0.465 e. The highest BCUT2D eigenvalue weighted by molar-refractivity contribution is 7.89. The number of methoxy groups -OCH3 is 1. The van der Waals surface area contributed by atoms with E-state index in [1.165, 1.54) is 25.3 Å². The fraction of sp³-hybridized carbons (Fsp3) is 0.462. The summed E-state index contributed by atoms with van der Waals surface area (Å²) in [6, 6.07) is 4.03. The second kappa shape index (κ2) is 6.42. The maximum absolute atomic E-state index is 12.4. The van der Waals surface area contributed by atoms with Crippen molar-refractivity contribution < 1.29 is 22.7 Å². The Morgan fingerprint density at radius 1 is 1.52 bits per heavy atom. The van der Waals surface area contributed by atoms with E-state index in [4.69, 9.17) is 10.5 Å². The molecule has 3 N–H and O–H groups in total. The number of carbonyl (C=O) groups is 1. The number of anilines is 1. The lowest BCUT2D eigenvalue weighted by atomic mass is 10.2. The number of benzene rings is 1. The van der Waals surface area contributed by atoms with E-state index in [2.05, 4.69) is 9.46 Å². The molecule has 21 heavy (non-hydrogen) atoms. The minimum atomic E-state index is -3.87. The zero-order valence-corrected chi connectivity index (χ0v) is 12.5. The summed E-state index contributed by atoms with van der Waals surface area (Å²) in [4.78, 5) is 11.5. The van der Waals surface area contributed by atoms with Crippen molar-refractivity contribution in [1.82, 2.24) is 4.72 Å². The van der Waals surface area contributed by atoms with Crippen LogP contribution >= 0.6 is 0 Å². The molecule has 7 nitrogen and oxygen atoms in total. The lowest BCUT2D eigenvalue weighted by molar-refractivity contribution is 0.0596. The monoisotopic (exact) mass is 314 g/mol. The van der Waals surface area contributed by atoms with E-state index in [9.17, 15) is 13.2 Å². The number of rotatable bonds is 5. The Morgan fingerprint density at radius 3 is 2.90 bits per heavy atom. The third-order valence-electron chi connectivity index (χ3n) is 3.23. The molecule has 0 saturated carbocycles. The van der Waals surface area contributed by atoms with Crippen LogP contribution < -0.4 is 10.5 Å². The highest BCUT2D eigenvalue weighted by Crippen LogP contribution is 2.20. The number of esters is 1. The quantitative estimate of drug-likeness (QED) is 0.606. The van der Waals surface area contributed by atoms with Crippen LogP contribution in [0.1, 0.15) is 23.2 Å². The molecule has 0 aliphatic carbocycles. The Bertz CT molecular complexity index is 623. The summed E-state index contributed by atoms with van der Waals surface area (Å²) in [6.07, 6.45) is 1.59. The van der Waals surface area contributed by atoms with Crippen LogP contribution in [0.15, 0.2) is 23.1 Å². The topological polar surface area (TPSA) is 108 Å². The normalized spacial score (nSPS) is 18.6. The molecule has 1 atom stereocenters. The number of nitrogens with one attached hydrogen (secondary N) is 1. The molecule has 1 fully saturated rings. The Morgan fingerprint density at radius 2 is 2.29 bits per heavy atom. The van der Waals surface area contributed by atoms with E-state index in [0.29, 0.717) is 6.61 Å². The molecule has 8 heteroatoms. The van der Waals surface area contributed by atoms with Gasteiger partial charge in [0, 0.05) is 18.8 Å². The molecule has 1 saturated heterocycles. The van der Waals surface area contributed by atoms with E-state index in [1.54, 1.807) is 0 Å².